The van der Waals surface area contributed by atoms with Crippen LogP contribution in [0.15, 0.2) is 18.2 Å². The van der Waals surface area contributed by atoms with E-state index >= 15 is 0 Å². The van der Waals surface area contributed by atoms with Crippen molar-refractivity contribution in [2.45, 2.75) is 39.5 Å². The minimum Gasteiger partial charge on any atom is -0.326 e. The Labute approximate surface area is 115 Å². The zero-order valence-corrected chi connectivity index (χ0v) is 12.0. The zero-order valence-electron chi connectivity index (χ0n) is 12.0. The van der Waals surface area contributed by atoms with Crippen molar-refractivity contribution < 1.29 is 4.79 Å². The topological polar surface area (TPSA) is 41.1 Å². The van der Waals surface area contributed by atoms with Crippen molar-refractivity contribution in [2.24, 2.45) is 5.92 Å². The van der Waals surface area contributed by atoms with E-state index in [4.69, 9.17) is 0 Å². The molecule has 1 saturated heterocycles. The van der Waals surface area contributed by atoms with Crippen LogP contribution in [0.1, 0.15) is 37.3 Å². The van der Waals surface area contributed by atoms with Gasteiger partial charge in [-0.15, -0.1) is 0 Å². The third-order valence-corrected chi connectivity index (χ3v) is 3.96. The molecule has 2 rings (SSSR count). The summed E-state index contributed by atoms with van der Waals surface area (Å²) in [6.45, 7) is 6.42. The summed E-state index contributed by atoms with van der Waals surface area (Å²) >= 11 is 0. The molecule has 1 heterocycles. The predicted molar refractivity (Wildman–Crippen MR) is 79.4 cm³/mol. The summed E-state index contributed by atoms with van der Waals surface area (Å²) in [5, 5.41) is 6.34. The van der Waals surface area contributed by atoms with Crippen molar-refractivity contribution in [1.82, 2.24) is 5.32 Å². The predicted octanol–water partition coefficient (Wildman–Crippen LogP) is 2.89. The van der Waals surface area contributed by atoms with Gasteiger partial charge in [-0.2, -0.15) is 0 Å². The fourth-order valence-corrected chi connectivity index (χ4v) is 2.65. The van der Waals surface area contributed by atoms with Gasteiger partial charge in [0, 0.05) is 12.1 Å². The summed E-state index contributed by atoms with van der Waals surface area (Å²) in [5.74, 6) is 0.813. The summed E-state index contributed by atoms with van der Waals surface area (Å²) in [6.07, 6.45) is 3.83. The first-order valence-corrected chi connectivity index (χ1v) is 7.29. The number of carbonyl (C=O) groups is 1. The van der Waals surface area contributed by atoms with E-state index in [2.05, 4.69) is 36.6 Å². The smallest absolute Gasteiger partial charge is 0.224 e. The van der Waals surface area contributed by atoms with Crippen LogP contribution in [0.2, 0.25) is 0 Å². The largest absolute Gasteiger partial charge is 0.326 e. The molecule has 2 N–H and O–H groups in total. The van der Waals surface area contributed by atoms with Crippen molar-refractivity contribution >= 4 is 11.6 Å². The quantitative estimate of drug-likeness (QED) is 0.854. The Kier molecular flexibility index (Phi) is 4.97. The standard InChI is InChI=1S/C16H24N2O/c1-3-14-10-15(6-4-12(14)2)18-16(19)7-5-13-8-9-17-11-13/h4,6,10,13,17H,3,5,7-9,11H2,1-2H3,(H,18,19). The molecule has 1 atom stereocenters. The molecular formula is C16H24N2O. The van der Waals surface area contributed by atoms with Gasteiger partial charge in [-0.05, 0) is 68.5 Å². The molecule has 3 heteroatoms. The Morgan fingerprint density at radius 1 is 1.47 bits per heavy atom. The lowest BCUT2D eigenvalue weighted by Gasteiger charge is -2.10. The van der Waals surface area contributed by atoms with Crippen LogP contribution in [0.3, 0.4) is 0 Å². The Hall–Kier alpha value is -1.35. The van der Waals surface area contributed by atoms with Crippen molar-refractivity contribution in [2.75, 3.05) is 18.4 Å². The Bertz CT molecular complexity index is 436. The second-order valence-electron chi connectivity index (χ2n) is 5.44. The molecule has 1 fully saturated rings. The number of anilines is 1. The van der Waals surface area contributed by atoms with Crippen molar-refractivity contribution in [3.8, 4) is 0 Å². The van der Waals surface area contributed by atoms with Crippen LogP contribution in [0.5, 0.6) is 0 Å². The molecule has 0 bridgehead atoms. The van der Waals surface area contributed by atoms with Crippen LogP contribution >= 0.6 is 0 Å². The number of hydrogen-bond acceptors (Lipinski definition) is 2. The number of nitrogens with one attached hydrogen (secondary N) is 2. The van der Waals surface area contributed by atoms with Crippen LogP contribution in [0.4, 0.5) is 5.69 Å². The minimum atomic E-state index is 0.137. The molecule has 0 saturated carbocycles. The second kappa shape index (κ2) is 6.71. The highest BCUT2D eigenvalue weighted by atomic mass is 16.1. The SMILES string of the molecule is CCc1cc(NC(=O)CCC2CCNC2)ccc1C. The molecule has 1 aliphatic rings. The summed E-state index contributed by atoms with van der Waals surface area (Å²) < 4.78 is 0. The van der Waals surface area contributed by atoms with Crippen LogP contribution < -0.4 is 10.6 Å². The molecule has 3 nitrogen and oxygen atoms in total. The summed E-state index contributed by atoms with van der Waals surface area (Å²) in [6, 6.07) is 6.16. The molecule has 1 aliphatic heterocycles. The third kappa shape index (κ3) is 4.06. The molecule has 0 spiro atoms. The third-order valence-electron chi connectivity index (χ3n) is 3.96. The number of rotatable bonds is 5. The lowest BCUT2D eigenvalue weighted by atomic mass is 10.0. The number of aryl methyl sites for hydroxylation is 2. The maximum Gasteiger partial charge on any atom is 0.224 e. The highest BCUT2D eigenvalue weighted by Crippen LogP contribution is 2.18. The summed E-state index contributed by atoms with van der Waals surface area (Å²) in [7, 11) is 0. The van der Waals surface area contributed by atoms with E-state index in [1.807, 2.05) is 6.07 Å². The first-order chi connectivity index (χ1) is 9.19. The lowest BCUT2D eigenvalue weighted by Crippen LogP contribution is -2.15. The average Bonchev–Trinajstić information content (AvgIpc) is 2.92. The van der Waals surface area contributed by atoms with E-state index in [0.29, 0.717) is 12.3 Å². The number of amides is 1. The van der Waals surface area contributed by atoms with E-state index in [-0.39, 0.29) is 5.91 Å². The number of benzene rings is 1. The fourth-order valence-electron chi connectivity index (χ4n) is 2.65. The molecular weight excluding hydrogens is 236 g/mol. The second-order valence-corrected chi connectivity index (χ2v) is 5.44. The fraction of sp³-hybridized carbons (Fsp3) is 0.562. The minimum absolute atomic E-state index is 0.137. The Balaban J connectivity index is 1.84. The summed E-state index contributed by atoms with van der Waals surface area (Å²) in [5.41, 5.74) is 3.52. The van der Waals surface area contributed by atoms with Gasteiger partial charge in [-0.3, -0.25) is 4.79 Å². The van der Waals surface area contributed by atoms with Crippen LogP contribution in [0, 0.1) is 12.8 Å². The molecule has 1 aromatic rings. The van der Waals surface area contributed by atoms with Gasteiger partial charge >= 0.3 is 0 Å². The maximum absolute atomic E-state index is 11.9. The van der Waals surface area contributed by atoms with Gasteiger partial charge < -0.3 is 10.6 Å². The van der Waals surface area contributed by atoms with Gasteiger partial charge in [-0.1, -0.05) is 13.0 Å². The van der Waals surface area contributed by atoms with Gasteiger partial charge in [0.05, 0.1) is 0 Å². The summed E-state index contributed by atoms with van der Waals surface area (Å²) in [4.78, 5) is 11.9. The maximum atomic E-state index is 11.9. The van der Waals surface area contributed by atoms with Crippen LogP contribution in [0.25, 0.3) is 0 Å². The van der Waals surface area contributed by atoms with E-state index in [1.54, 1.807) is 0 Å². The molecule has 1 aromatic carbocycles. The van der Waals surface area contributed by atoms with Crippen molar-refractivity contribution in [3.05, 3.63) is 29.3 Å². The van der Waals surface area contributed by atoms with Gasteiger partial charge in [-0.25, -0.2) is 0 Å². The van der Waals surface area contributed by atoms with E-state index in [9.17, 15) is 4.79 Å². The zero-order chi connectivity index (χ0) is 13.7. The first-order valence-electron chi connectivity index (χ1n) is 7.29. The highest BCUT2D eigenvalue weighted by molar-refractivity contribution is 5.90. The molecule has 0 radical (unpaired) electrons. The molecule has 0 aliphatic carbocycles. The van der Waals surface area contributed by atoms with Crippen LogP contribution in [-0.4, -0.2) is 19.0 Å². The molecule has 19 heavy (non-hydrogen) atoms. The highest BCUT2D eigenvalue weighted by Gasteiger charge is 2.15. The number of carbonyl (C=O) groups excluding carboxylic acids is 1. The number of hydrogen-bond donors (Lipinski definition) is 2. The van der Waals surface area contributed by atoms with E-state index in [1.165, 1.54) is 17.5 Å². The van der Waals surface area contributed by atoms with Gasteiger partial charge in [0.2, 0.25) is 5.91 Å². The lowest BCUT2D eigenvalue weighted by molar-refractivity contribution is -0.116. The van der Waals surface area contributed by atoms with Gasteiger partial charge in [0.1, 0.15) is 0 Å². The van der Waals surface area contributed by atoms with E-state index < -0.39 is 0 Å². The Morgan fingerprint density at radius 2 is 2.32 bits per heavy atom. The molecule has 1 amide bonds. The van der Waals surface area contributed by atoms with Crippen molar-refractivity contribution in [3.63, 3.8) is 0 Å². The van der Waals surface area contributed by atoms with Gasteiger partial charge in [0.15, 0.2) is 0 Å². The monoisotopic (exact) mass is 260 g/mol. The Morgan fingerprint density at radius 3 is 3.00 bits per heavy atom. The first kappa shape index (κ1) is 14.1. The van der Waals surface area contributed by atoms with Crippen molar-refractivity contribution in [1.29, 1.82) is 0 Å². The average molecular weight is 260 g/mol. The van der Waals surface area contributed by atoms with E-state index in [0.717, 1.165) is 31.6 Å². The molecule has 0 aromatic heterocycles. The normalized spacial score (nSPS) is 18.5. The van der Waals surface area contributed by atoms with Gasteiger partial charge in [0.25, 0.3) is 0 Å². The molecule has 104 valence electrons. The van der Waals surface area contributed by atoms with Crippen LogP contribution in [-0.2, 0) is 11.2 Å². The molecule has 1 unspecified atom stereocenters.